The van der Waals surface area contributed by atoms with Gasteiger partial charge in [0.05, 0.1) is 16.1 Å². The van der Waals surface area contributed by atoms with Gasteiger partial charge in [0.15, 0.2) is 0 Å². The van der Waals surface area contributed by atoms with Crippen LogP contribution in [0.2, 0.25) is 5.02 Å². The van der Waals surface area contributed by atoms with E-state index in [-0.39, 0.29) is 21.4 Å². The Balaban J connectivity index is 2.92. The number of hydrogen-bond acceptors (Lipinski definition) is 3. The molecule has 0 heterocycles. The Morgan fingerprint density at radius 2 is 2.17 bits per heavy atom. The molecule has 1 amide bonds. The number of carboxylic acid groups (broad SMARTS) is 1. The highest BCUT2D eigenvalue weighted by molar-refractivity contribution is 7.99. The van der Waals surface area contributed by atoms with Gasteiger partial charge in [0.2, 0.25) is 0 Å². The van der Waals surface area contributed by atoms with Crippen LogP contribution in [-0.2, 0) is 0 Å². The molecule has 1 unspecified atom stereocenters. The van der Waals surface area contributed by atoms with Gasteiger partial charge in [-0.2, -0.15) is 11.8 Å². The van der Waals surface area contributed by atoms with Crippen LogP contribution in [0.5, 0.6) is 0 Å². The summed E-state index contributed by atoms with van der Waals surface area (Å²) in [4.78, 5) is 23.0. The molecule has 2 N–H and O–H groups in total. The average molecular weight is 288 g/mol. The number of amides is 1. The first kappa shape index (κ1) is 14.9. The Labute approximate surface area is 115 Å². The van der Waals surface area contributed by atoms with E-state index in [4.69, 9.17) is 16.7 Å². The lowest BCUT2D eigenvalue weighted by Gasteiger charge is -2.11. The van der Waals surface area contributed by atoms with Gasteiger partial charge >= 0.3 is 5.97 Å². The Hall–Kier alpha value is -1.20. The zero-order chi connectivity index (χ0) is 13.7. The van der Waals surface area contributed by atoms with Gasteiger partial charge in [0, 0.05) is 11.8 Å². The van der Waals surface area contributed by atoms with Gasteiger partial charge in [-0.25, -0.2) is 4.79 Å². The van der Waals surface area contributed by atoms with E-state index in [1.807, 2.05) is 13.2 Å². The summed E-state index contributed by atoms with van der Waals surface area (Å²) in [5.41, 5.74) is -0.0724. The number of rotatable bonds is 5. The minimum Gasteiger partial charge on any atom is -0.478 e. The molecule has 0 bridgehead atoms. The summed E-state index contributed by atoms with van der Waals surface area (Å²) in [5, 5.41) is 12.1. The lowest BCUT2D eigenvalue weighted by atomic mass is 10.1. The number of halogens is 1. The summed E-state index contributed by atoms with van der Waals surface area (Å²) in [7, 11) is 0. The third-order valence-electron chi connectivity index (χ3n) is 2.42. The Bertz CT molecular complexity index is 465. The summed E-state index contributed by atoms with van der Waals surface area (Å²) in [6.07, 6.45) is 1.94. The zero-order valence-corrected chi connectivity index (χ0v) is 11.6. The predicted octanol–water partition coefficient (Wildman–Crippen LogP) is 2.52. The van der Waals surface area contributed by atoms with E-state index in [9.17, 15) is 9.59 Å². The molecule has 0 saturated heterocycles. The number of hydrogen-bond donors (Lipinski definition) is 2. The normalized spacial score (nSPS) is 11.9. The maximum Gasteiger partial charge on any atom is 0.338 e. The van der Waals surface area contributed by atoms with Gasteiger partial charge in [-0.05, 0) is 18.4 Å². The molecular weight excluding hydrogens is 274 g/mol. The van der Waals surface area contributed by atoms with Crippen molar-refractivity contribution in [2.75, 3.05) is 12.8 Å². The number of thioether (sulfide) groups is 1. The summed E-state index contributed by atoms with van der Waals surface area (Å²) in [5.74, 6) is -1.63. The van der Waals surface area contributed by atoms with Gasteiger partial charge in [-0.1, -0.05) is 24.6 Å². The van der Waals surface area contributed by atoms with Gasteiger partial charge in [0.1, 0.15) is 0 Å². The molecule has 1 aromatic rings. The van der Waals surface area contributed by atoms with Gasteiger partial charge < -0.3 is 10.4 Å². The van der Waals surface area contributed by atoms with Crippen molar-refractivity contribution in [2.24, 2.45) is 0 Å². The van der Waals surface area contributed by atoms with Crippen molar-refractivity contribution in [1.82, 2.24) is 5.32 Å². The Morgan fingerprint density at radius 1 is 1.50 bits per heavy atom. The second-order valence-corrected chi connectivity index (χ2v) is 5.41. The minimum atomic E-state index is -1.20. The van der Waals surface area contributed by atoms with Gasteiger partial charge in [0.25, 0.3) is 5.91 Å². The van der Waals surface area contributed by atoms with Crippen molar-refractivity contribution in [2.45, 2.75) is 12.2 Å². The van der Waals surface area contributed by atoms with Crippen LogP contribution in [0.15, 0.2) is 18.2 Å². The van der Waals surface area contributed by atoms with E-state index in [2.05, 4.69) is 5.32 Å². The van der Waals surface area contributed by atoms with Crippen molar-refractivity contribution in [3.05, 3.63) is 34.3 Å². The van der Waals surface area contributed by atoms with Crippen LogP contribution in [0.25, 0.3) is 0 Å². The average Bonchev–Trinajstić information content (AvgIpc) is 2.34. The maximum absolute atomic E-state index is 11.9. The van der Waals surface area contributed by atoms with Crippen molar-refractivity contribution in [3.8, 4) is 0 Å². The van der Waals surface area contributed by atoms with E-state index in [1.165, 1.54) is 12.1 Å². The largest absolute Gasteiger partial charge is 0.478 e. The zero-order valence-electron chi connectivity index (χ0n) is 10.1. The number of nitrogens with one attached hydrogen (secondary N) is 1. The first-order valence-electron chi connectivity index (χ1n) is 5.30. The number of carbonyl (C=O) groups excluding carboxylic acids is 1. The lowest BCUT2D eigenvalue weighted by molar-refractivity contribution is 0.0691. The van der Waals surface area contributed by atoms with Crippen LogP contribution in [0, 0.1) is 0 Å². The number of aromatic carboxylic acids is 1. The monoisotopic (exact) mass is 287 g/mol. The van der Waals surface area contributed by atoms with Crippen molar-refractivity contribution >= 4 is 35.2 Å². The highest BCUT2D eigenvalue weighted by Crippen LogP contribution is 2.20. The minimum absolute atomic E-state index is 0.0630. The third kappa shape index (κ3) is 3.65. The number of carboxylic acids is 1. The van der Waals surface area contributed by atoms with Gasteiger partial charge in [-0.3, -0.25) is 4.79 Å². The highest BCUT2D eigenvalue weighted by atomic mass is 35.5. The SMILES string of the molecule is CSC(C)CNC(=O)c1cccc(Cl)c1C(=O)O. The molecule has 0 spiro atoms. The second kappa shape index (κ2) is 6.66. The van der Waals surface area contributed by atoms with E-state index < -0.39 is 11.9 Å². The Kier molecular flexibility index (Phi) is 5.50. The molecule has 1 atom stereocenters. The van der Waals surface area contributed by atoms with Crippen molar-refractivity contribution in [1.29, 1.82) is 0 Å². The number of benzene rings is 1. The summed E-state index contributed by atoms with van der Waals surface area (Å²) in [6, 6.07) is 4.46. The van der Waals surface area contributed by atoms with Crippen LogP contribution in [0.3, 0.4) is 0 Å². The van der Waals surface area contributed by atoms with E-state index in [0.29, 0.717) is 6.54 Å². The molecule has 98 valence electrons. The molecule has 1 rings (SSSR count). The third-order valence-corrected chi connectivity index (χ3v) is 3.71. The molecule has 0 saturated carbocycles. The summed E-state index contributed by atoms with van der Waals surface area (Å²) in [6.45, 7) is 2.45. The van der Waals surface area contributed by atoms with Crippen LogP contribution < -0.4 is 5.32 Å². The molecule has 1 aromatic carbocycles. The number of carbonyl (C=O) groups is 2. The quantitative estimate of drug-likeness (QED) is 0.873. The first-order chi connectivity index (χ1) is 8.47. The van der Waals surface area contributed by atoms with Crippen LogP contribution >= 0.6 is 23.4 Å². The standard InChI is InChI=1S/C12H14ClNO3S/c1-7(18-2)6-14-11(15)8-4-3-5-9(13)10(8)12(16)17/h3-5,7H,6H2,1-2H3,(H,14,15)(H,16,17). The first-order valence-corrected chi connectivity index (χ1v) is 6.96. The van der Waals surface area contributed by atoms with E-state index >= 15 is 0 Å². The fraction of sp³-hybridized carbons (Fsp3) is 0.333. The molecule has 4 nitrogen and oxygen atoms in total. The van der Waals surface area contributed by atoms with Gasteiger partial charge in [-0.15, -0.1) is 0 Å². The second-order valence-electron chi connectivity index (χ2n) is 3.72. The topological polar surface area (TPSA) is 66.4 Å². The molecule has 0 radical (unpaired) electrons. The smallest absolute Gasteiger partial charge is 0.338 e. The Morgan fingerprint density at radius 3 is 2.72 bits per heavy atom. The fourth-order valence-corrected chi connectivity index (χ4v) is 1.85. The van der Waals surface area contributed by atoms with Crippen LogP contribution in [0.1, 0.15) is 27.6 Å². The molecule has 6 heteroatoms. The molecule has 0 aliphatic carbocycles. The molecular formula is C12H14ClNO3S. The van der Waals surface area contributed by atoms with E-state index in [1.54, 1.807) is 17.8 Å². The van der Waals surface area contributed by atoms with Crippen molar-refractivity contribution in [3.63, 3.8) is 0 Å². The lowest BCUT2D eigenvalue weighted by Crippen LogP contribution is -2.30. The maximum atomic E-state index is 11.9. The van der Waals surface area contributed by atoms with Crippen LogP contribution in [0.4, 0.5) is 0 Å². The molecule has 0 fully saturated rings. The summed E-state index contributed by atoms with van der Waals surface area (Å²) < 4.78 is 0. The van der Waals surface area contributed by atoms with Crippen molar-refractivity contribution < 1.29 is 14.7 Å². The van der Waals surface area contributed by atoms with E-state index in [0.717, 1.165) is 0 Å². The highest BCUT2D eigenvalue weighted by Gasteiger charge is 2.19. The molecule has 0 aliphatic rings. The predicted molar refractivity (Wildman–Crippen MR) is 73.7 cm³/mol. The summed E-state index contributed by atoms with van der Waals surface area (Å²) >= 11 is 7.41. The van der Waals surface area contributed by atoms with Crippen LogP contribution in [-0.4, -0.2) is 35.0 Å². The molecule has 18 heavy (non-hydrogen) atoms. The molecule has 0 aliphatic heterocycles. The molecule has 0 aromatic heterocycles. The fourth-order valence-electron chi connectivity index (χ4n) is 1.35.